The zero-order valence-electron chi connectivity index (χ0n) is 25.6. The summed E-state index contributed by atoms with van der Waals surface area (Å²) in [6.45, 7) is 16.5. The molecule has 3 heterocycles. The zero-order chi connectivity index (χ0) is 29.4. The van der Waals surface area contributed by atoms with Gasteiger partial charge in [-0.05, 0) is 60.8 Å². The van der Waals surface area contributed by atoms with Gasteiger partial charge >= 0.3 is 5.63 Å². The fraction of sp³-hybridized carbons (Fsp3) is 0.472. The Labute approximate surface area is 243 Å². The normalized spacial score (nSPS) is 16.8. The third-order valence-corrected chi connectivity index (χ3v) is 8.28. The summed E-state index contributed by atoms with van der Waals surface area (Å²) >= 11 is 0. The molecule has 1 aliphatic heterocycles. The van der Waals surface area contributed by atoms with Gasteiger partial charge in [0, 0.05) is 33.9 Å². The molecular formula is C36H44O5. The van der Waals surface area contributed by atoms with E-state index >= 15 is 0 Å². The molecule has 4 aromatic rings. The standard InChI is InChI=1S/C36H44O5/c1-8-24-20-30(37)41-34(25-16-18-26(19-17-25)35(3,4)5)32(24)28(13-11-15-31-38-21-36(6,7)22-39-31)33-23(2)27-12-9-10-14-29(27)40-33/h9-10,12,14,16-20,28,31H,8,11,13,15,21-22H2,1-7H3. The number of hydrogen-bond donors (Lipinski definition) is 0. The lowest BCUT2D eigenvalue weighted by Crippen LogP contribution is -2.37. The molecule has 1 aliphatic rings. The van der Waals surface area contributed by atoms with Gasteiger partial charge in [-0.25, -0.2) is 4.79 Å². The van der Waals surface area contributed by atoms with Crippen molar-refractivity contribution >= 4 is 11.0 Å². The van der Waals surface area contributed by atoms with Crippen LogP contribution in [0.5, 0.6) is 0 Å². The summed E-state index contributed by atoms with van der Waals surface area (Å²) in [5.41, 5.74) is 5.90. The van der Waals surface area contributed by atoms with Crippen LogP contribution >= 0.6 is 0 Å². The van der Waals surface area contributed by atoms with Crippen molar-refractivity contribution in [2.45, 2.75) is 91.8 Å². The third-order valence-electron chi connectivity index (χ3n) is 8.28. The highest BCUT2D eigenvalue weighted by Gasteiger charge is 2.31. The van der Waals surface area contributed by atoms with Gasteiger partial charge in [0.05, 0.1) is 13.2 Å². The monoisotopic (exact) mass is 556 g/mol. The van der Waals surface area contributed by atoms with Gasteiger partial charge in [0.1, 0.15) is 17.1 Å². The summed E-state index contributed by atoms with van der Waals surface area (Å²) in [6.07, 6.45) is 2.98. The number of benzene rings is 2. The van der Waals surface area contributed by atoms with Crippen molar-refractivity contribution in [3.8, 4) is 11.3 Å². The van der Waals surface area contributed by atoms with E-state index in [4.69, 9.17) is 18.3 Å². The molecule has 0 saturated carbocycles. The van der Waals surface area contributed by atoms with Crippen LogP contribution in [0.25, 0.3) is 22.3 Å². The van der Waals surface area contributed by atoms with Crippen LogP contribution < -0.4 is 5.63 Å². The first kappa shape index (κ1) is 29.3. The van der Waals surface area contributed by atoms with Crippen molar-refractivity contribution in [2.75, 3.05) is 13.2 Å². The Morgan fingerprint density at radius 1 is 0.976 bits per heavy atom. The lowest BCUT2D eigenvalue weighted by Gasteiger charge is -2.34. The molecule has 1 saturated heterocycles. The fourth-order valence-electron chi connectivity index (χ4n) is 5.88. The van der Waals surface area contributed by atoms with Gasteiger partial charge in [-0.2, -0.15) is 0 Å². The molecule has 0 amide bonds. The Balaban J connectivity index is 1.58. The molecule has 0 radical (unpaired) electrons. The Morgan fingerprint density at radius 3 is 2.29 bits per heavy atom. The number of aryl methyl sites for hydroxylation is 2. The first-order valence-electron chi connectivity index (χ1n) is 15.0. The maximum Gasteiger partial charge on any atom is 0.336 e. The van der Waals surface area contributed by atoms with Crippen molar-refractivity contribution in [1.82, 2.24) is 0 Å². The molecule has 5 heteroatoms. The van der Waals surface area contributed by atoms with Crippen LogP contribution in [0.1, 0.15) is 94.7 Å². The summed E-state index contributed by atoms with van der Waals surface area (Å²) in [6, 6.07) is 18.3. The molecule has 1 fully saturated rings. The molecular weight excluding hydrogens is 512 g/mol. The summed E-state index contributed by atoms with van der Waals surface area (Å²) in [5, 5.41) is 1.11. The number of ether oxygens (including phenoxy) is 2. The van der Waals surface area contributed by atoms with E-state index in [2.05, 4.69) is 78.8 Å². The molecule has 2 aromatic carbocycles. The number of fused-ring (bicyclic) bond motifs is 1. The molecule has 218 valence electrons. The van der Waals surface area contributed by atoms with Gasteiger partial charge in [0.25, 0.3) is 0 Å². The average molecular weight is 557 g/mol. The number of furan rings is 1. The van der Waals surface area contributed by atoms with E-state index in [-0.39, 0.29) is 28.7 Å². The molecule has 1 atom stereocenters. The van der Waals surface area contributed by atoms with Gasteiger partial charge in [-0.1, -0.05) is 84.0 Å². The molecule has 0 spiro atoms. The SMILES string of the molecule is CCc1cc(=O)oc(-c2ccc(C(C)(C)C)cc2)c1C(CCCC1OCC(C)(C)CO1)c1oc2ccccc2c1C. The van der Waals surface area contributed by atoms with Crippen LogP contribution in [-0.2, 0) is 21.3 Å². The maximum absolute atomic E-state index is 12.8. The van der Waals surface area contributed by atoms with Gasteiger partial charge in [0.2, 0.25) is 0 Å². The van der Waals surface area contributed by atoms with Gasteiger partial charge in [-0.15, -0.1) is 0 Å². The maximum atomic E-state index is 12.8. The highest BCUT2D eigenvalue weighted by molar-refractivity contribution is 5.82. The Morgan fingerprint density at radius 2 is 1.66 bits per heavy atom. The zero-order valence-corrected chi connectivity index (χ0v) is 25.6. The number of rotatable bonds is 8. The lowest BCUT2D eigenvalue weighted by molar-refractivity contribution is -0.224. The Bertz CT molecular complexity index is 1540. The van der Waals surface area contributed by atoms with Gasteiger partial charge < -0.3 is 18.3 Å². The smallest absolute Gasteiger partial charge is 0.336 e. The van der Waals surface area contributed by atoms with Crippen LogP contribution in [-0.4, -0.2) is 19.5 Å². The van der Waals surface area contributed by atoms with Crippen molar-refractivity contribution in [2.24, 2.45) is 5.41 Å². The largest absolute Gasteiger partial charge is 0.460 e. The average Bonchev–Trinajstić information content (AvgIpc) is 3.27. The van der Waals surface area contributed by atoms with Crippen molar-refractivity contribution in [1.29, 1.82) is 0 Å². The topological polar surface area (TPSA) is 61.8 Å². The van der Waals surface area contributed by atoms with E-state index < -0.39 is 0 Å². The minimum absolute atomic E-state index is 0.0276. The Kier molecular flexibility index (Phi) is 8.31. The third kappa shape index (κ3) is 6.37. The predicted octanol–water partition coefficient (Wildman–Crippen LogP) is 8.92. The summed E-state index contributed by atoms with van der Waals surface area (Å²) in [7, 11) is 0. The molecule has 5 rings (SSSR count). The van der Waals surface area contributed by atoms with Gasteiger partial charge in [0.15, 0.2) is 6.29 Å². The summed E-state index contributed by atoms with van der Waals surface area (Å²) in [5.74, 6) is 1.46. The predicted molar refractivity (Wildman–Crippen MR) is 165 cm³/mol. The second-order valence-electron chi connectivity index (χ2n) is 13.3. The van der Waals surface area contributed by atoms with Crippen LogP contribution in [0.15, 0.2) is 68.2 Å². The lowest BCUT2D eigenvalue weighted by atomic mass is 9.82. The fourth-order valence-corrected chi connectivity index (χ4v) is 5.88. The van der Waals surface area contributed by atoms with Crippen molar-refractivity contribution < 1.29 is 18.3 Å². The van der Waals surface area contributed by atoms with Crippen LogP contribution in [0.2, 0.25) is 0 Å². The minimum atomic E-state index is -0.327. The number of hydrogen-bond acceptors (Lipinski definition) is 5. The summed E-state index contributed by atoms with van der Waals surface area (Å²) < 4.78 is 24.7. The minimum Gasteiger partial charge on any atom is -0.460 e. The van der Waals surface area contributed by atoms with Crippen LogP contribution in [0.3, 0.4) is 0 Å². The molecule has 0 N–H and O–H groups in total. The Hall–Kier alpha value is -3.15. The second kappa shape index (κ2) is 11.6. The van der Waals surface area contributed by atoms with E-state index in [9.17, 15) is 4.79 Å². The first-order chi connectivity index (χ1) is 19.5. The van der Waals surface area contributed by atoms with Crippen LogP contribution in [0, 0.1) is 12.3 Å². The van der Waals surface area contributed by atoms with Crippen molar-refractivity contribution in [3.63, 3.8) is 0 Å². The highest BCUT2D eigenvalue weighted by Crippen LogP contribution is 2.43. The molecule has 2 aromatic heterocycles. The molecule has 1 unspecified atom stereocenters. The van der Waals surface area contributed by atoms with E-state index in [1.165, 1.54) is 5.56 Å². The van der Waals surface area contributed by atoms with E-state index in [1.54, 1.807) is 6.07 Å². The number of para-hydroxylation sites is 1. The van der Waals surface area contributed by atoms with Crippen molar-refractivity contribution in [3.05, 3.63) is 93.0 Å². The first-order valence-corrected chi connectivity index (χ1v) is 15.0. The highest BCUT2D eigenvalue weighted by atomic mass is 16.7. The second-order valence-corrected chi connectivity index (χ2v) is 13.3. The summed E-state index contributed by atoms with van der Waals surface area (Å²) in [4.78, 5) is 12.8. The van der Waals surface area contributed by atoms with E-state index in [0.29, 0.717) is 25.4 Å². The van der Waals surface area contributed by atoms with E-state index in [0.717, 1.165) is 58.2 Å². The molecule has 5 nitrogen and oxygen atoms in total. The molecule has 0 bridgehead atoms. The molecule has 41 heavy (non-hydrogen) atoms. The quantitative estimate of drug-likeness (QED) is 0.217. The van der Waals surface area contributed by atoms with Crippen LogP contribution in [0.4, 0.5) is 0 Å². The van der Waals surface area contributed by atoms with E-state index in [1.807, 2.05) is 18.2 Å². The van der Waals surface area contributed by atoms with Gasteiger partial charge in [-0.3, -0.25) is 0 Å². The molecule has 0 aliphatic carbocycles.